The molecule has 0 N–H and O–H groups in total. The maximum Gasteiger partial charge on any atom is 0.164 e. The van der Waals surface area contributed by atoms with Crippen LogP contribution in [0.4, 0.5) is 0 Å². The molecule has 11 aromatic carbocycles. The average molecular weight is 865 g/mol. The van der Waals surface area contributed by atoms with Crippen LogP contribution in [0.25, 0.3) is 122 Å². The lowest BCUT2D eigenvalue weighted by molar-refractivity contribution is 1.07. The monoisotopic (exact) mass is 864 g/mol. The number of aromatic nitrogens is 3. The Labute approximate surface area is 394 Å². The van der Waals surface area contributed by atoms with Gasteiger partial charge in [-0.25, -0.2) is 15.0 Å². The van der Waals surface area contributed by atoms with Crippen molar-refractivity contribution in [1.29, 1.82) is 5.26 Å². The first-order valence-corrected chi connectivity index (χ1v) is 22.8. The first kappa shape index (κ1) is 40.2. The van der Waals surface area contributed by atoms with Crippen molar-refractivity contribution < 1.29 is 0 Å². The molecule has 0 aliphatic rings. The van der Waals surface area contributed by atoms with Gasteiger partial charge in [0, 0.05) is 22.3 Å². The quantitative estimate of drug-likeness (QED) is 0.143. The predicted molar refractivity (Wildman–Crippen MR) is 281 cm³/mol. The van der Waals surface area contributed by atoms with Crippen molar-refractivity contribution in [2.45, 2.75) is 0 Å². The van der Waals surface area contributed by atoms with Gasteiger partial charge < -0.3 is 0 Å². The number of benzene rings is 11. The molecule has 0 spiro atoms. The molecule has 0 saturated carbocycles. The first-order valence-electron chi connectivity index (χ1n) is 22.8. The third-order valence-electron chi connectivity index (χ3n) is 13.0. The SMILES string of the molecule is N#Cc1ccc(-c2ccccc2-c2ccccc2-c2nc(-c3ccccc3)nc(-c3ccccc3-c3ccc4ccccc4c3)n2)cc1-c1ccccc1-c1cc2ccccc2c2ccccc12. The van der Waals surface area contributed by atoms with E-state index in [9.17, 15) is 5.26 Å². The minimum Gasteiger partial charge on any atom is -0.208 e. The molecule has 0 aliphatic heterocycles. The second-order valence-electron chi connectivity index (χ2n) is 17.0. The van der Waals surface area contributed by atoms with Gasteiger partial charge in [0.2, 0.25) is 0 Å². The van der Waals surface area contributed by atoms with Gasteiger partial charge in [0.25, 0.3) is 0 Å². The van der Waals surface area contributed by atoms with Gasteiger partial charge in [-0.3, -0.25) is 0 Å². The van der Waals surface area contributed by atoms with E-state index in [0.717, 1.165) is 72.3 Å². The number of nitriles is 1. The molecule has 1 aromatic heterocycles. The summed E-state index contributed by atoms with van der Waals surface area (Å²) >= 11 is 0. The lowest BCUT2D eigenvalue weighted by Crippen LogP contribution is -2.02. The van der Waals surface area contributed by atoms with E-state index in [2.05, 4.69) is 200 Å². The molecule has 12 rings (SSSR count). The molecule has 0 aliphatic carbocycles. The summed E-state index contributed by atoms with van der Waals surface area (Å²) in [6.45, 7) is 0. The summed E-state index contributed by atoms with van der Waals surface area (Å²) in [4.78, 5) is 15.7. The highest BCUT2D eigenvalue weighted by atomic mass is 15.0. The summed E-state index contributed by atoms with van der Waals surface area (Å²) in [6.07, 6.45) is 0. The average Bonchev–Trinajstić information content (AvgIpc) is 3.42. The van der Waals surface area contributed by atoms with Crippen LogP contribution in [0.1, 0.15) is 5.56 Å². The van der Waals surface area contributed by atoms with E-state index in [1.54, 1.807) is 0 Å². The van der Waals surface area contributed by atoms with Crippen LogP contribution in [0.15, 0.2) is 243 Å². The predicted octanol–water partition coefficient (Wildman–Crippen LogP) is 16.5. The minimum atomic E-state index is 0.574. The number of nitrogens with zero attached hydrogens (tertiary/aromatic N) is 4. The topological polar surface area (TPSA) is 62.5 Å². The molecule has 4 heteroatoms. The van der Waals surface area contributed by atoms with Crippen molar-refractivity contribution in [2.75, 3.05) is 0 Å². The molecule has 0 unspecified atom stereocenters. The molecule has 0 fully saturated rings. The van der Waals surface area contributed by atoms with Crippen LogP contribution in [-0.4, -0.2) is 15.0 Å². The smallest absolute Gasteiger partial charge is 0.164 e. The van der Waals surface area contributed by atoms with E-state index in [4.69, 9.17) is 15.0 Å². The molecule has 0 bridgehead atoms. The molecular formula is C64H40N4. The van der Waals surface area contributed by atoms with E-state index in [1.165, 1.54) is 32.3 Å². The van der Waals surface area contributed by atoms with Crippen LogP contribution in [0, 0.1) is 11.3 Å². The summed E-state index contributed by atoms with van der Waals surface area (Å²) < 4.78 is 0. The lowest BCUT2D eigenvalue weighted by atomic mass is 9.86. The Bertz CT molecular complexity index is 3940. The normalized spacial score (nSPS) is 11.2. The largest absolute Gasteiger partial charge is 0.208 e. The van der Waals surface area contributed by atoms with Crippen molar-refractivity contribution in [3.8, 4) is 95.9 Å². The zero-order valence-electron chi connectivity index (χ0n) is 36.9. The fraction of sp³-hybridized carbons (Fsp3) is 0. The molecule has 0 saturated heterocycles. The molecule has 4 nitrogen and oxygen atoms in total. The van der Waals surface area contributed by atoms with Crippen LogP contribution in [0.5, 0.6) is 0 Å². The fourth-order valence-corrected chi connectivity index (χ4v) is 9.76. The van der Waals surface area contributed by atoms with Crippen molar-refractivity contribution in [1.82, 2.24) is 15.0 Å². The van der Waals surface area contributed by atoms with E-state index in [-0.39, 0.29) is 0 Å². The van der Waals surface area contributed by atoms with Gasteiger partial charge in [-0.05, 0) is 107 Å². The summed E-state index contributed by atoms with van der Waals surface area (Å²) in [7, 11) is 0. The Morgan fingerprint density at radius 2 is 0.691 bits per heavy atom. The molecule has 68 heavy (non-hydrogen) atoms. The van der Waals surface area contributed by atoms with Crippen molar-refractivity contribution in [3.05, 3.63) is 248 Å². The summed E-state index contributed by atoms with van der Waals surface area (Å²) in [5.74, 6) is 1.76. The van der Waals surface area contributed by atoms with Gasteiger partial charge in [-0.2, -0.15) is 5.26 Å². The van der Waals surface area contributed by atoms with E-state index in [0.29, 0.717) is 23.0 Å². The summed E-state index contributed by atoms with van der Waals surface area (Å²) in [5, 5.41) is 17.8. The third-order valence-corrected chi connectivity index (χ3v) is 13.0. The van der Waals surface area contributed by atoms with Crippen LogP contribution in [-0.2, 0) is 0 Å². The highest BCUT2D eigenvalue weighted by Crippen LogP contribution is 2.44. The number of hydrogen-bond donors (Lipinski definition) is 0. The van der Waals surface area contributed by atoms with Crippen LogP contribution in [0.2, 0.25) is 0 Å². The molecule has 12 aromatic rings. The maximum absolute atomic E-state index is 10.7. The molecule has 316 valence electrons. The molecule has 0 radical (unpaired) electrons. The van der Waals surface area contributed by atoms with E-state index < -0.39 is 0 Å². The molecule has 0 amide bonds. The third kappa shape index (κ3) is 7.26. The molecule has 0 atom stereocenters. The number of rotatable bonds is 8. The van der Waals surface area contributed by atoms with Gasteiger partial charge in [-0.1, -0.05) is 218 Å². The molecular weight excluding hydrogens is 825 g/mol. The Morgan fingerprint density at radius 1 is 0.250 bits per heavy atom. The second kappa shape index (κ2) is 17.2. The van der Waals surface area contributed by atoms with E-state index >= 15 is 0 Å². The van der Waals surface area contributed by atoms with Crippen molar-refractivity contribution in [3.63, 3.8) is 0 Å². The maximum atomic E-state index is 10.7. The van der Waals surface area contributed by atoms with Crippen LogP contribution < -0.4 is 0 Å². The van der Waals surface area contributed by atoms with Gasteiger partial charge in [0.05, 0.1) is 11.6 Å². The first-order chi connectivity index (χ1) is 33.7. The highest BCUT2D eigenvalue weighted by molar-refractivity contribution is 6.15. The van der Waals surface area contributed by atoms with Crippen molar-refractivity contribution in [2.24, 2.45) is 0 Å². The van der Waals surface area contributed by atoms with Crippen LogP contribution >= 0.6 is 0 Å². The minimum absolute atomic E-state index is 0.574. The summed E-state index contributed by atoms with van der Waals surface area (Å²) in [5.41, 5.74) is 13.5. The van der Waals surface area contributed by atoms with Gasteiger partial charge in [0.1, 0.15) is 0 Å². The standard InChI is InChI=1S/C64H40N4/c65-41-48-37-36-47(39-60(48)55-29-12-14-31-57(55)61-40-45-22-6-7-23-49(45)53-27-11-13-30-56(53)61)50-24-8-10-26-52(50)54-28-15-17-33-59(54)64-67-62(43-19-2-1-3-20-43)66-63(68-64)58-32-16-9-25-51(58)46-35-34-42-18-4-5-21-44(42)38-46/h1-40H. The molecule has 1 heterocycles. The zero-order valence-corrected chi connectivity index (χ0v) is 36.9. The Hall–Kier alpha value is -9.30. The van der Waals surface area contributed by atoms with Gasteiger partial charge >= 0.3 is 0 Å². The number of fused-ring (bicyclic) bond motifs is 4. The van der Waals surface area contributed by atoms with Crippen molar-refractivity contribution >= 4 is 32.3 Å². The van der Waals surface area contributed by atoms with Gasteiger partial charge in [-0.15, -0.1) is 0 Å². The Morgan fingerprint density at radius 3 is 1.37 bits per heavy atom. The fourth-order valence-electron chi connectivity index (χ4n) is 9.76. The Kier molecular flexibility index (Phi) is 10.2. The second-order valence-corrected chi connectivity index (χ2v) is 17.0. The highest BCUT2D eigenvalue weighted by Gasteiger charge is 2.21. The lowest BCUT2D eigenvalue weighted by Gasteiger charge is -2.18. The van der Waals surface area contributed by atoms with Gasteiger partial charge in [0.15, 0.2) is 17.5 Å². The number of hydrogen-bond acceptors (Lipinski definition) is 4. The Balaban J connectivity index is 1.01. The van der Waals surface area contributed by atoms with E-state index in [1.807, 2.05) is 48.5 Å². The zero-order chi connectivity index (χ0) is 45.4. The summed E-state index contributed by atoms with van der Waals surface area (Å²) in [6, 6.07) is 87.0. The van der Waals surface area contributed by atoms with Crippen LogP contribution in [0.3, 0.4) is 0 Å².